The molecule has 1 aliphatic rings. The van der Waals surface area contributed by atoms with Gasteiger partial charge in [0.1, 0.15) is 0 Å². The van der Waals surface area contributed by atoms with E-state index in [9.17, 15) is 9.59 Å². The quantitative estimate of drug-likeness (QED) is 0.609. The Morgan fingerprint density at radius 1 is 1.60 bits per heavy atom. The first kappa shape index (κ1) is 11.7. The molecule has 0 fully saturated rings. The van der Waals surface area contributed by atoms with Gasteiger partial charge < -0.3 is 16.4 Å². The van der Waals surface area contributed by atoms with E-state index in [0.29, 0.717) is 13.1 Å². The van der Waals surface area contributed by atoms with Crippen LogP contribution in [-0.2, 0) is 9.59 Å². The highest BCUT2D eigenvalue weighted by atomic mass is 16.2. The number of hydrogen-bond acceptors (Lipinski definition) is 3. The van der Waals surface area contributed by atoms with Crippen LogP contribution < -0.4 is 11.5 Å². The molecule has 5 heteroatoms. The molecule has 0 saturated carbocycles. The van der Waals surface area contributed by atoms with E-state index >= 15 is 0 Å². The van der Waals surface area contributed by atoms with Crippen LogP contribution in [0, 0.1) is 0 Å². The van der Waals surface area contributed by atoms with Gasteiger partial charge in [-0.15, -0.1) is 0 Å². The lowest BCUT2D eigenvalue weighted by molar-refractivity contribution is -0.134. The zero-order chi connectivity index (χ0) is 11.4. The Hall–Kier alpha value is -1.36. The number of nitrogens with zero attached hydrogens (tertiary/aromatic N) is 1. The maximum atomic E-state index is 11.7. The molecule has 0 aromatic carbocycles. The number of carbonyl (C=O) groups excluding carboxylic acids is 2. The van der Waals surface area contributed by atoms with E-state index in [1.54, 1.807) is 4.90 Å². The standard InChI is InChI=1S/C10H17N3O2/c1-7-3-2-4-13(6-7)10(15)8(11)5-9(12)14/h3,8H,2,4-6,11H2,1H3,(H2,12,14). The number of hydrogen-bond donors (Lipinski definition) is 2. The van der Waals surface area contributed by atoms with Crippen LogP contribution >= 0.6 is 0 Å². The lowest BCUT2D eigenvalue weighted by Gasteiger charge is -2.28. The topological polar surface area (TPSA) is 89.4 Å². The van der Waals surface area contributed by atoms with E-state index < -0.39 is 11.9 Å². The highest BCUT2D eigenvalue weighted by molar-refractivity contribution is 5.87. The molecule has 1 heterocycles. The molecule has 1 atom stereocenters. The highest BCUT2D eigenvalue weighted by Gasteiger charge is 2.23. The first-order valence-electron chi connectivity index (χ1n) is 4.99. The summed E-state index contributed by atoms with van der Waals surface area (Å²) in [6, 6.07) is -0.798. The van der Waals surface area contributed by atoms with Gasteiger partial charge in [0.05, 0.1) is 12.5 Å². The van der Waals surface area contributed by atoms with Gasteiger partial charge in [0, 0.05) is 13.1 Å². The molecule has 1 aliphatic heterocycles. The van der Waals surface area contributed by atoms with Crippen molar-refractivity contribution in [3.8, 4) is 0 Å². The maximum Gasteiger partial charge on any atom is 0.240 e. The summed E-state index contributed by atoms with van der Waals surface area (Å²) in [5, 5.41) is 0. The van der Waals surface area contributed by atoms with E-state index in [1.807, 2.05) is 6.92 Å². The van der Waals surface area contributed by atoms with Crippen LogP contribution in [0.3, 0.4) is 0 Å². The molecular weight excluding hydrogens is 194 g/mol. The highest BCUT2D eigenvalue weighted by Crippen LogP contribution is 2.10. The Morgan fingerprint density at radius 3 is 2.80 bits per heavy atom. The molecule has 1 unspecified atom stereocenters. The molecule has 84 valence electrons. The van der Waals surface area contributed by atoms with Crippen molar-refractivity contribution >= 4 is 11.8 Å². The Bertz CT molecular complexity index is 299. The van der Waals surface area contributed by atoms with Crippen LogP contribution in [0.2, 0.25) is 0 Å². The third-order valence-corrected chi connectivity index (χ3v) is 2.38. The van der Waals surface area contributed by atoms with Gasteiger partial charge in [-0.1, -0.05) is 11.6 Å². The first-order valence-corrected chi connectivity index (χ1v) is 4.99. The average molecular weight is 211 g/mol. The van der Waals surface area contributed by atoms with Crippen molar-refractivity contribution in [1.29, 1.82) is 0 Å². The van der Waals surface area contributed by atoms with E-state index in [1.165, 1.54) is 0 Å². The van der Waals surface area contributed by atoms with Crippen molar-refractivity contribution in [2.45, 2.75) is 25.8 Å². The number of rotatable bonds is 3. The molecule has 4 N–H and O–H groups in total. The predicted molar refractivity (Wildman–Crippen MR) is 56.7 cm³/mol. The normalized spacial score (nSPS) is 18.3. The van der Waals surface area contributed by atoms with Gasteiger partial charge in [0.15, 0.2) is 0 Å². The van der Waals surface area contributed by atoms with Crippen LogP contribution in [0.25, 0.3) is 0 Å². The Kier molecular flexibility index (Phi) is 3.85. The lowest BCUT2D eigenvalue weighted by atomic mass is 10.1. The summed E-state index contributed by atoms with van der Waals surface area (Å²) in [7, 11) is 0. The fourth-order valence-electron chi connectivity index (χ4n) is 1.64. The number of nitrogens with two attached hydrogens (primary N) is 2. The lowest BCUT2D eigenvalue weighted by Crippen LogP contribution is -2.47. The molecule has 0 bridgehead atoms. The second kappa shape index (κ2) is 4.93. The minimum atomic E-state index is -0.798. The SMILES string of the molecule is CC1=CCCN(C(=O)C(N)CC(N)=O)C1. The van der Waals surface area contributed by atoms with Crippen molar-refractivity contribution in [2.75, 3.05) is 13.1 Å². The smallest absolute Gasteiger partial charge is 0.240 e. The Morgan fingerprint density at radius 2 is 2.27 bits per heavy atom. The Balaban J connectivity index is 2.53. The molecule has 15 heavy (non-hydrogen) atoms. The summed E-state index contributed by atoms with van der Waals surface area (Å²) in [5.74, 6) is -0.735. The summed E-state index contributed by atoms with van der Waals surface area (Å²) < 4.78 is 0. The van der Waals surface area contributed by atoms with Crippen molar-refractivity contribution < 1.29 is 9.59 Å². The van der Waals surface area contributed by atoms with Crippen LogP contribution in [0.5, 0.6) is 0 Å². The minimum Gasteiger partial charge on any atom is -0.370 e. The number of primary amides is 1. The van der Waals surface area contributed by atoms with Crippen molar-refractivity contribution in [3.05, 3.63) is 11.6 Å². The summed E-state index contributed by atoms with van der Waals surface area (Å²) in [4.78, 5) is 24.0. The fraction of sp³-hybridized carbons (Fsp3) is 0.600. The summed E-state index contributed by atoms with van der Waals surface area (Å²) >= 11 is 0. The molecule has 0 spiro atoms. The monoisotopic (exact) mass is 211 g/mol. The van der Waals surface area contributed by atoms with Gasteiger partial charge in [-0.05, 0) is 13.3 Å². The van der Waals surface area contributed by atoms with Gasteiger partial charge in [-0.3, -0.25) is 9.59 Å². The second-order valence-electron chi connectivity index (χ2n) is 3.88. The summed E-state index contributed by atoms with van der Waals surface area (Å²) in [6.45, 7) is 3.24. The molecule has 0 aromatic rings. The number of amides is 2. The maximum absolute atomic E-state index is 11.7. The second-order valence-corrected chi connectivity index (χ2v) is 3.88. The average Bonchev–Trinajstić information content (AvgIpc) is 2.15. The van der Waals surface area contributed by atoms with Crippen LogP contribution in [0.1, 0.15) is 19.8 Å². The molecule has 0 radical (unpaired) electrons. The van der Waals surface area contributed by atoms with Crippen LogP contribution in [0.4, 0.5) is 0 Å². The van der Waals surface area contributed by atoms with Crippen molar-refractivity contribution in [3.63, 3.8) is 0 Å². The van der Waals surface area contributed by atoms with E-state index in [2.05, 4.69) is 6.08 Å². The third-order valence-electron chi connectivity index (χ3n) is 2.38. The molecule has 2 amide bonds. The predicted octanol–water partition coefficient (Wildman–Crippen LogP) is -0.632. The molecule has 0 aromatic heterocycles. The first-order chi connectivity index (χ1) is 7.00. The van der Waals surface area contributed by atoms with Gasteiger partial charge in [0.2, 0.25) is 11.8 Å². The third kappa shape index (κ3) is 3.36. The molecule has 0 aliphatic carbocycles. The Labute approximate surface area is 89.1 Å². The largest absolute Gasteiger partial charge is 0.370 e. The van der Waals surface area contributed by atoms with Crippen LogP contribution in [0.15, 0.2) is 11.6 Å². The molecule has 1 rings (SSSR count). The van der Waals surface area contributed by atoms with Gasteiger partial charge in [0.25, 0.3) is 0 Å². The molecule has 0 saturated heterocycles. The number of carbonyl (C=O) groups is 2. The van der Waals surface area contributed by atoms with Gasteiger partial charge in [-0.2, -0.15) is 0 Å². The zero-order valence-corrected chi connectivity index (χ0v) is 8.90. The van der Waals surface area contributed by atoms with Crippen molar-refractivity contribution in [2.24, 2.45) is 11.5 Å². The van der Waals surface area contributed by atoms with Gasteiger partial charge >= 0.3 is 0 Å². The van der Waals surface area contributed by atoms with Gasteiger partial charge in [-0.25, -0.2) is 0 Å². The minimum absolute atomic E-state index is 0.0852. The molecular formula is C10H17N3O2. The van der Waals surface area contributed by atoms with E-state index in [4.69, 9.17) is 11.5 Å². The summed E-state index contributed by atoms with van der Waals surface area (Å²) in [6.07, 6.45) is 2.86. The van der Waals surface area contributed by atoms with E-state index in [0.717, 1.165) is 12.0 Å². The van der Waals surface area contributed by atoms with E-state index in [-0.39, 0.29) is 12.3 Å². The molecule has 5 nitrogen and oxygen atoms in total. The summed E-state index contributed by atoms with van der Waals surface area (Å²) in [5.41, 5.74) is 11.7. The van der Waals surface area contributed by atoms with Crippen LogP contribution in [-0.4, -0.2) is 35.8 Å². The zero-order valence-electron chi connectivity index (χ0n) is 8.90. The fourth-order valence-corrected chi connectivity index (χ4v) is 1.64. The van der Waals surface area contributed by atoms with Crippen molar-refractivity contribution in [1.82, 2.24) is 4.90 Å².